The Morgan fingerprint density at radius 2 is 0.966 bits per heavy atom. The van der Waals surface area contributed by atoms with Crippen molar-refractivity contribution in [3.05, 3.63) is 132 Å². The fourth-order valence-corrected chi connectivity index (χ4v) is 8.25. The van der Waals surface area contributed by atoms with E-state index in [0.717, 1.165) is 16.2 Å². The Morgan fingerprint density at radius 1 is 0.586 bits per heavy atom. The Balaban J connectivity index is 2.00. The van der Waals surface area contributed by atoms with Gasteiger partial charge in [0.2, 0.25) is 0 Å². The second kappa shape index (κ2) is 8.69. The SMILES string of the molecule is O=C(c1ccccc1)C(c1ccccc1)P(=S)(c1ccccc1)c1ccccc1. The molecule has 0 aliphatic carbocycles. The Labute approximate surface area is 177 Å². The predicted octanol–water partition coefficient (Wildman–Crippen LogP) is 5.74. The number of hydrogen-bond acceptors (Lipinski definition) is 2. The van der Waals surface area contributed by atoms with Crippen molar-refractivity contribution >= 4 is 34.2 Å². The van der Waals surface area contributed by atoms with E-state index in [-0.39, 0.29) is 5.78 Å². The summed E-state index contributed by atoms with van der Waals surface area (Å²) in [6.45, 7) is 0. The van der Waals surface area contributed by atoms with Crippen LogP contribution < -0.4 is 10.6 Å². The predicted molar refractivity (Wildman–Crippen MR) is 126 cm³/mol. The fourth-order valence-electron chi connectivity index (χ4n) is 3.67. The lowest BCUT2D eigenvalue weighted by molar-refractivity contribution is 0.0988. The first-order valence-corrected chi connectivity index (χ1v) is 12.4. The van der Waals surface area contributed by atoms with Gasteiger partial charge < -0.3 is 0 Å². The van der Waals surface area contributed by atoms with Crippen molar-refractivity contribution < 1.29 is 4.79 Å². The summed E-state index contributed by atoms with van der Waals surface area (Å²) in [7, 11) is 0. The molecule has 0 N–H and O–H groups in total. The first kappa shape index (κ1) is 19.5. The van der Waals surface area contributed by atoms with Crippen molar-refractivity contribution in [3.8, 4) is 0 Å². The number of hydrogen-bond donors (Lipinski definition) is 0. The minimum absolute atomic E-state index is 0.0767. The highest BCUT2D eigenvalue weighted by molar-refractivity contribution is 8.22. The number of carbonyl (C=O) groups excluding carboxylic acids is 1. The average molecular weight is 412 g/mol. The highest BCUT2D eigenvalue weighted by atomic mass is 32.4. The van der Waals surface area contributed by atoms with Gasteiger partial charge in [-0.1, -0.05) is 133 Å². The van der Waals surface area contributed by atoms with Crippen LogP contribution >= 0.6 is 6.04 Å². The third kappa shape index (κ3) is 3.87. The molecule has 1 unspecified atom stereocenters. The van der Waals surface area contributed by atoms with Crippen LogP contribution in [0.2, 0.25) is 0 Å². The van der Waals surface area contributed by atoms with E-state index in [1.54, 1.807) is 0 Å². The molecule has 0 heterocycles. The van der Waals surface area contributed by atoms with Crippen LogP contribution in [0.15, 0.2) is 121 Å². The summed E-state index contributed by atoms with van der Waals surface area (Å²) in [6.07, 6.45) is 0. The van der Waals surface area contributed by atoms with Crippen LogP contribution in [0.3, 0.4) is 0 Å². The molecule has 4 aromatic carbocycles. The Morgan fingerprint density at radius 3 is 1.41 bits per heavy atom. The smallest absolute Gasteiger partial charge is 0.175 e. The van der Waals surface area contributed by atoms with Crippen molar-refractivity contribution in [2.24, 2.45) is 0 Å². The van der Waals surface area contributed by atoms with Crippen LogP contribution in [0.4, 0.5) is 0 Å². The van der Waals surface area contributed by atoms with Gasteiger partial charge in [0, 0.05) is 11.6 Å². The van der Waals surface area contributed by atoms with E-state index in [1.807, 2.05) is 97.1 Å². The molecule has 0 amide bonds. The van der Waals surface area contributed by atoms with E-state index in [9.17, 15) is 4.79 Å². The van der Waals surface area contributed by atoms with Crippen LogP contribution in [-0.4, -0.2) is 5.78 Å². The lowest BCUT2D eigenvalue weighted by atomic mass is 10.0. The normalized spacial score (nSPS) is 12.3. The molecule has 0 saturated carbocycles. The van der Waals surface area contributed by atoms with Gasteiger partial charge in [-0.2, -0.15) is 0 Å². The third-order valence-corrected chi connectivity index (χ3v) is 10.4. The molecule has 4 rings (SSSR count). The molecule has 0 radical (unpaired) electrons. The van der Waals surface area contributed by atoms with Crippen LogP contribution in [0.25, 0.3) is 0 Å². The summed E-state index contributed by atoms with van der Waals surface area (Å²) < 4.78 is 0. The highest BCUT2D eigenvalue weighted by Gasteiger charge is 2.38. The molecule has 0 bridgehead atoms. The van der Waals surface area contributed by atoms with Crippen molar-refractivity contribution in [2.75, 3.05) is 0 Å². The molecule has 3 heteroatoms. The maximum atomic E-state index is 13.9. The average Bonchev–Trinajstić information content (AvgIpc) is 2.81. The standard InChI is InChI=1S/C26H21OPS/c27-25(21-13-5-1-6-14-21)26(22-15-7-2-8-16-22)28(29,23-17-9-3-10-18-23)24-19-11-4-12-20-24/h1-20,26H. The number of benzene rings is 4. The summed E-state index contributed by atoms with van der Waals surface area (Å²) in [5, 5.41) is 2.11. The molecular formula is C26H21OPS. The van der Waals surface area contributed by atoms with Gasteiger partial charge in [0.15, 0.2) is 5.78 Å². The molecule has 1 atom stereocenters. The largest absolute Gasteiger partial charge is 0.293 e. The lowest BCUT2D eigenvalue weighted by Crippen LogP contribution is -2.26. The zero-order valence-corrected chi connectivity index (χ0v) is 17.6. The minimum atomic E-state index is -2.49. The van der Waals surface area contributed by atoms with Gasteiger partial charge in [-0.3, -0.25) is 4.79 Å². The molecule has 1 nitrogen and oxygen atoms in total. The molecule has 29 heavy (non-hydrogen) atoms. The van der Waals surface area contributed by atoms with Crippen LogP contribution in [0, 0.1) is 0 Å². The lowest BCUT2D eigenvalue weighted by Gasteiger charge is -2.32. The van der Waals surface area contributed by atoms with Gasteiger partial charge in [-0.25, -0.2) is 0 Å². The van der Waals surface area contributed by atoms with E-state index in [4.69, 9.17) is 11.8 Å². The monoisotopic (exact) mass is 412 g/mol. The molecule has 0 aliphatic rings. The van der Waals surface area contributed by atoms with Crippen LogP contribution in [0.1, 0.15) is 21.6 Å². The second-order valence-electron chi connectivity index (χ2n) is 6.87. The topological polar surface area (TPSA) is 17.1 Å². The van der Waals surface area contributed by atoms with E-state index >= 15 is 0 Å². The van der Waals surface area contributed by atoms with Gasteiger partial charge in [0.25, 0.3) is 0 Å². The zero-order chi connectivity index (χ0) is 20.1. The van der Waals surface area contributed by atoms with E-state index in [0.29, 0.717) is 5.56 Å². The molecule has 0 fully saturated rings. The summed E-state index contributed by atoms with van der Waals surface area (Å²) in [5.41, 5.74) is 1.24. The van der Waals surface area contributed by atoms with E-state index < -0.39 is 11.7 Å². The molecule has 0 aliphatic heterocycles. The number of carbonyl (C=O) groups is 1. The Bertz CT molecular complexity index is 1080. The summed E-state index contributed by atoms with van der Waals surface area (Å²) >= 11 is 6.50. The Hall–Kier alpha value is -2.80. The van der Waals surface area contributed by atoms with Crippen LogP contribution in [0.5, 0.6) is 0 Å². The summed E-state index contributed by atoms with van der Waals surface area (Å²) in [5.74, 6) is 0.0767. The molecule has 4 aromatic rings. The summed E-state index contributed by atoms with van der Waals surface area (Å²) in [4.78, 5) is 13.9. The van der Waals surface area contributed by atoms with Crippen molar-refractivity contribution in [1.29, 1.82) is 0 Å². The van der Waals surface area contributed by atoms with Gasteiger partial charge in [0.05, 0.1) is 5.66 Å². The first-order valence-electron chi connectivity index (χ1n) is 9.56. The first-order chi connectivity index (χ1) is 14.2. The van der Waals surface area contributed by atoms with Gasteiger partial charge in [0.1, 0.15) is 0 Å². The molecule has 142 valence electrons. The van der Waals surface area contributed by atoms with Crippen molar-refractivity contribution in [3.63, 3.8) is 0 Å². The summed E-state index contributed by atoms with van der Waals surface area (Å²) in [6, 6.07) is 37.3. The zero-order valence-electron chi connectivity index (χ0n) is 15.9. The maximum absolute atomic E-state index is 13.9. The Kier molecular flexibility index (Phi) is 5.85. The molecule has 0 spiro atoms. The van der Waals surface area contributed by atoms with Gasteiger partial charge in [-0.15, -0.1) is 0 Å². The van der Waals surface area contributed by atoms with Crippen molar-refractivity contribution in [1.82, 2.24) is 0 Å². The molecule has 0 saturated heterocycles. The maximum Gasteiger partial charge on any atom is 0.175 e. The molecular weight excluding hydrogens is 391 g/mol. The third-order valence-electron chi connectivity index (χ3n) is 5.07. The van der Waals surface area contributed by atoms with Crippen LogP contribution in [-0.2, 0) is 11.8 Å². The number of rotatable bonds is 6. The second-order valence-corrected chi connectivity index (χ2v) is 11.5. The number of ketones is 1. The van der Waals surface area contributed by atoms with Gasteiger partial charge in [-0.05, 0) is 16.2 Å². The van der Waals surface area contributed by atoms with E-state index in [2.05, 4.69) is 24.3 Å². The molecule has 0 aromatic heterocycles. The number of Topliss-reactive ketones (excluding diaryl/α,β-unsaturated/α-hetero) is 1. The highest BCUT2D eigenvalue weighted by Crippen LogP contribution is 2.58. The van der Waals surface area contributed by atoms with E-state index in [1.165, 1.54) is 0 Å². The fraction of sp³-hybridized carbons (Fsp3) is 0.0385. The minimum Gasteiger partial charge on any atom is -0.293 e. The van der Waals surface area contributed by atoms with Gasteiger partial charge >= 0.3 is 0 Å². The quantitative estimate of drug-likeness (QED) is 0.297. The van der Waals surface area contributed by atoms with Crippen molar-refractivity contribution in [2.45, 2.75) is 5.66 Å².